The van der Waals surface area contributed by atoms with E-state index in [-0.39, 0.29) is 12.5 Å². The van der Waals surface area contributed by atoms with Crippen LogP contribution in [0.5, 0.6) is 0 Å². The van der Waals surface area contributed by atoms with Gasteiger partial charge >= 0.3 is 0 Å². The second-order valence-electron chi connectivity index (χ2n) is 15.8. The van der Waals surface area contributed by atoms with Gasteiger partial charge in [0.1, 0.15) is 24.4 Å². The van der Waals surface area contributed by atoms with E-state index >= 15 is 0 Å². The van der Waals surface area contributed by atoms with Crippen LogP contribution >= 0.6 is 0 Å². The van der Waals surface area contributed by atoms with Crippen molar-refractivity contribution in [3.05, 3.63) is 24.3 Å². The maximum absolute atomic E-state index is 12.9. The molecule has 0 aromatic rings. The Morgan fingerprint density at radius 2 is 1.04 bits per heavy atom. The number of aliphatic hydroxyl groups excluding tert-OH is 5. The van der Waals surface area contributed by atoms with Crippen LogP contribution in [0, 0.1) is 0 Å². The fraction of sp³-hybridized carbons (Fsp3) is 0.889. The van der Waals surface area contributed by atoms with Crippen molar-refractivity contribution in [1.29, 1.82) is 0 Å². The van der Waals surface area contributed by atoms with E-state index in [1.807, 2.05) is 6.08 Å². The minimum Gasteiger partial charge on any atom is -0.394 e. The van der Waals surface area contributed by atoms with E-state index in [4.69, 9.17) is 9.47 Å². The largest absolute Gasteiger partial charge is 0.394 e. The molecule has 2 unspecified atom stereocenters. The zero-order valence-corrected chi connectivity index (χ0v) is 34.7. The van der Waals surface area contributed by atoms with Gasteiger partial charge in [0, 0.05) is 6.42 Å². The Labute approximate surface area is 330 Å². The van der Waals surface area contributed by atoms with Crippen molar-refractivity contribution in [3.63, 3.8) is 0 Å². The van der Waals surface area contributed by atoms with Crippen molar-refractivity contribution in [1.82, 2.24) is 5.32 Å². The van der Waals surface area contributed by atoms with Crippen LogP contribution in [0.3, 0.4) is 0 Å². The van der Waals surface area contributed by atoms with E-state index < -0.39 is 49.5 Å². The van der Waals surface area contributed by atoms with E-state index in [0.717, 1.165) is 57.8 Å². The van der Waals surface area contributed by atoms with Gasteiger partial charge in [-0.25, -0.2) is 0 Å². The molecule has 9 nitrogen and oxygen atoms in total. The van der Waals surface area contributed by atoms with Crippen LogP contribution in [0.15, 0.2) is 24.3 Å². The molecule has 1 aliphatic rings. The Morgan fingerprint density at radius 3 is 1.50 bits per heavy atom. The quantitative estimate of drug-likeness (QED) is 0.0271. The van der Waals surface area contributed by atoms with Gasteiger partial charge in [0.2, 0.25) is 5.91 Å². The van der Waals surface area contributed by atoms with Crippen molar-refractivity contribution >= 4 is 5.91 Å². The van der Waals surface area contributed by atoms with E-state index in [2.05, 4.69) is 31.3 Å². The monoisotopic (exact) mass is 768 g/mol. The third kappa shape index (κ3) is 26.5. The minimum absolute atomic E-state index is 0.186. The third-order valence-electron chi connectivity index (χ3n) is 10.8. The van der Waals surface area contributed by atoms with Gasteiger partial charge in [-0.2, -0.15) is 0 Å². The van der Waals surface area contributed by atoms with Gasteiger partial charge < -0.3 is 40.3 Å². The Balaban J connectivity index is 2.38. The van der Waals surface area contributed by atoms with Crippen LogP contribution in [-0.4, -0.2) is 87.5 Å². The molecule has 7 atom stereocenters. The highest BCUT2D eigenvalue weighted by Crippen LogP contribution is 2.22. The van der Waals surface area contributed by atoms with Crippen molar-refractivity contribution in [2.24, 2.45) is 0 Å². The average molecular weight is 768 g/mol. The molecule has 0 saturated carbocycles. The smallest absolute Gasteiger partial charge is 0.220 e. The molecule has 1 aliphatic heterocycles. The summed E-state index contributed by atoms with van der Waals surface area (Å²) in [6, 6.07) is -0.805. The molecule has 54 heavy (non-hydrogen) atoms. The number of carbonyl (C=O) groups is 1. The first-order valence-corrected chi connectivity index (χ1v) is 22.6. The highest BCUT2D eigenvalue weighted by atomic mass is 16.7. The predicted molar refractivity (Wildman–Crippen MR) is 221 cm³/mol. The number of carbonyl (C=O) groups excluding carboxylic acids is 1. The van der Waals surface area contributed by atoms with Crippen molar-refractivity contribution < 1.29 is 39.8 Å². The highest BCUT2D eigenvalue weighted by molar-refractivity contribution is 5.76. The Kier molecular flexibility index (Phi) is 33.8. The van der Waals surface area contributed by atoms with Crippen molar-refractivity contribution in [2.75, 3.05) is 13.2 Å². The molecule has 0 aliphatic carbocycles. The van der Waals surface area contributed by atoms with Crippen LogP contribution in [0.2, 0.25) is 0 Å². The normalized spacial score (nSPS) is 21.6. The van der Waals surface area contributed by atoms with Gasteiger partial charge in [0.25, 0.3) is 0 Å². The molecule has 9 heteroatoms. The molecule has 0 aromatic carbocycles. The topological polar surface area (TPSA) is 149 Å². The van der Waals surface area contributed by atoms with E-state index in [1.165, 1.54) is 122 Å². The van der Waals surface area contributed by atoms with Crippen molar-refractivity contribution in [3.8, 4) is 0 Å². The van der Waals surface area contributed by atoms with E-state index in [1.54, 1.807) is 6.08 Å². The van der Waals surface area contributed by atoms with Gasteiger partial charge in [-0.3, -0.25) is 4.79 Å². The summed E-state index contributed by atoms with van der Waals surface area (Å²) in [6.45, 7) is 3.76. The summed E-state index contributed by atoms with van der Waals surface area (Å²) >= 11 is 0. The fourth-order valence-electron chi connectivity index (χ4n) is 7.09. The molecule has 318 valence electrons. The summed E-state index contributed by atoms with van der Waals surface area (Å²) in [4.78, 5) is 12.9. The second-order valence-corrected chi connectivity index (χ2v) is 15.8. The lowest BCUT2D eigenvalue weighted by Gasteiger charge is -2.40. The molecular weight excluding hydrogens is 682 g/mol. The maximum atomic E-state index is 12.9. The molecule has 0 spiro atoms. The average Bonchev–Trinajstić information content (AvgIpc) is 3.17. The van der Waals surface area contributed by atoms with Gasteiger partial charge in [-0.1, -0.05) is 173 Å². The molecule has 0 bridgehead atoms. The zero-order valence-electron chi connectivity index (χ0n) is 34.7. The number of hydrogen-bond donors (Lipinski definition) is 6. The molecule has 1 fully saturated rings. The number of rotatable bonds is 37. The molecule has 6 N–H and O–H groups in total. The summed E-state index contributed by atoms with van der Waals surface area (Å²) in [5, 5.41) is 54.1. The van der Waals surface area contributed by atoms with Crippen LogP contribution in [0.1, 0.15) is 200 Å². The van der Waals surface area contributed by atoms with E-state index in [9.17, 15) is 30.3 Å². The van der Waals surface area contributed by atoms with Crippen LogP contribution in [0.25, 0.3) is 0 Å². The third-order valence-corrected chi connectivity index (χ3v) is 10.8. The number of amides is 1. The minimum atomic E-state index is -1.56. The van der Waals surface area contributed by atoms with Crippen LogP contribution < -0.4 is 5.32 Å². The van der Waals surface area contributed by atoms with Crippen molar-refractivity contribution in [2.45, 2.75) is 243 Å². The van der Waals surface area contributed by atoms with Crippen LogP contribution in [-0.2, 0) is 14.3 Å². The summed E-state index contributed by atoms with van der Waals surface area (Å²) in [5.41, 5.74) is 0. The lowest BCUT2D eigenvalue weighted by atomic mass is 9.99. The summed E-state index contributed by atoms with van der Waals surface area (Å²) in [6.07, 6.45) is 35.0. The molecule has 0 radical (unpaired) electrons. The Morgan fingerprint density at radius 1 is 0.611 bits per heavy atom. The molecule has 1 rings (SSSR count). The maximum Gasteiger partial charge on any atom is 0.220 e. The summed E-state index contributed by atoms with van der Waals surface area (Å²) in [7, 11) is 0. The number of ether oxygens (including phenoxy) is 2. The lowest BCUT2D eigenvalue weighted by Crippen LogP contribution is -2.60. The molecular formula is C45H85NO8. The molecule has 1 saturated heterocycles. The predicted octanol–water partition coefficient (Wildman–Crippen LogP) is 9.11. The van der Waals surface area contributed by atoms with Gasteiger partial charge in [0.15, 0.2) is 6.29 Å². The molecule has 1 heterocycles. The second kappa shape index (κ2) is 36.0. The first-order valence-electron chi connectivity index (χ1n) is 22.6. The van der Waals surface area contributed by atoms with Gasteiger partial charge in [0.05, 0.1) is 25.4 Å². The zero-order chi connectivity index (χ0) is 39.5. The standard InChI is InChI=1S/C45H85NO8/c1-3-5-7-9-11-13-15-17-19-21-22-24-26-28-30-32-34-39(48)38(37-53-45-44(52)43(51)42(50)40(36-47)54-45)46-41(49)35-33-31-29-27-25-23-20-18-16-14-12-10-8-6-4-2/h18,20,32,34,38-40,42-45,47-48,50-52H,3-17,19,21-31,33,35-37H2,1-2H3,(H,46,49)/b20-18+,34-32+/t38-,39+,40+,42+,43?,44?,45+/m0/s1. The summed E-state index contributed by atoms with van der Waals surface area (Å²) in [5.74, 6) is -0.186. The number of aliphatic hydroxyl groups is 5. The fourth-order valence-corrected chi connectivity index (χ4v) is 7.09. The summed E-state index contributed by atoms with van der Waals surface area (Å²) < 4.78 is 11.2. The number of unbranched alkanes of at least 4 members (excludes halogenated alkanes) is 25. The Hall–Kier alpha value is -1.33. The van der Waals surface area contributed by atoms with Crippen LogP contribution in [0.4, 0.5) is 0 Å². The highest BCUT2D eigenvalue weighted by Gasteiger charge is 2.44. The number of allylic oxidation sites excluding steroid dienone is 3. The lowest BCUT2D eigenvalue weighted by molar-refractivity contribution is -0.302. The first-order chi connectivity index (χ1) is 26.3. The number of nitrogens with one attached hydrogen (secondary N) is 1. The number of hydrogen-bond acceptors (Lipinski definition) is 8. The Bertz CT molecular complexity index is 899. The SMILES string of the molecule is CCCCCCCC/C=C/CCCCCCCC(=O)N[C@@H](CO[C@@H]1O[C@H](CO)[C@@H](O)C(O)C1O)[C@H](O)/C=C/CCCCCCCCCCCCCCCC. The molecule has 0 aromatic heterocycles. The first kappa shape index (κ1) is 50.7. The van der Waals surface area contributed by atoms with E-state index in [0.29, 0.717) is 6.42 Å². The molecule has 1 amide bonds. The van der Waals surface area contributed by atoms with Gasteiger partial charge in [-0.15, -0.1) is 0 Å². The van der Waals surface area contributed by atoms with Gasteiger partial charge in [-0.05, 0) is 44.9 Å².